The third-order valence-corrected chi connectivity index (χ3v) is 8.25. The fourth-order valence-corrected chi connectivity index (χ4v) is 5.93. The molecule has 46 heavy (non-hydrogen) atoms. The van der Waals surface area contributed by atoms with E-state index in [1.807, 2.05) is 0 Å². The summed E-state index contributed by atoms with van der Waals surface area (Å²) in [6.07, 6.45) is 0.217. The molecule has 3 aliphatic rings. The third kappa shape index (κ3) is 7.63. The molecule has 2 fully saturated rings. The van der Waals surface area contributed by atoms with Gasteiger partial charge in [0.2, 0.25) is 18.4 Å². The number of anilines is 1. The van der Waals surface area contributed by atoms with Crippen LogP contribution in [0.1, 0.15) is 12.0 Å². The number of rotatable bonds is 7. The number of phenols is 1. The number of aromatic nitrogens is 1. The van der Waals surface area contributed by atoms with Gasteiger partial charge < -0.3 is 36.1 Å². The lowest BCUT2D eigenvalue weighted by atomic mass is 10.0. The highest BCUT2D eigenvalue weighted by Gasteiger charge is 2.50. The smallest absolute Gasteiger partial charge is 0.490 e. The Morgan fingerprint density at radius 3 is 2.41 bits per heavy atom. The van der Waals surface area contributed by atoms with Gasteiger partial charge in [-0.05, 0) is 35.8 Å². The number of pyridine rings is 1. The molecule has 5 N–H and O–H groups in total. The number of allylic oxidation sites excluding steroid dienone is 1. The molecule has 0 spiro atoms. The second-order valence-corrected chi connectivity index (χ2v) is 11.2. The number of halogens is 4. The highest BCUT2D eigenvalue weighted by atomic mass is 32.2. The fourth-order valence-electron chi connectivity index (χ4n) is 4.68. The molecule has 1 aromatic heterocycles. The zero-order valence-electron chi connectivity index (χ0n) is 23.5. The van der Waals surface area contributed by atoms with Crippen LogP contribution in [0.15, 0.2) is 65.6 Å². The number of carbonyl (C=O) groups is 5. The molecule has 0 radical (unpaired) electrons. The summed E-state index contributed by atoms with van der Waals surface area (Å²) in [7, 11) is 0. The van der Waals surface area contributed by atoms with Crippen LogP contribution in [0, 0.1) is 5.82 Å². The number of β-lactam (4-membered cyclic amide) rings is 1. The summed E-state index contributed by atoms with van der Waals surface area (Å²) in [6, 6.07) is 6.22. The number of amides is 3. The Bertz CT molecular complexity index is 1650. The molecule has 0 aliphatic carbocycles. The molecule has 0 bridgehead atoms. The molecule has 3 aliphatic heterocycles. The minimum Gasteiger partial charge on any atom is -0.543 e. The van der Waals surface area contributed by atoms with Gasteiger partial charge in [0.1, 0.15) is 23.0 Å². The lowest BCUT2D eigenvalue weighted by molar-refractivity contribution is -0.684. The zero-order valence-corrected chi connectivity index (χ0v) is 24.3. The first-order valence-corrected chi connectivity index (χ1v) is 14.3. The molecule has 0 saturated carbocycles. The van der Waals surface area contributed by atoms with Crippen molar-refractivity contribution in [3.63, 3.8) is 0 Å². The summed E-state index contributed by atoms with van der Waals surface area (Å²) >= 11 is 1.35. The van der Waals surface area contributed by atoms with Gasteiger partial charge >= 0.3 is 12.1 Å². The number of nitrogens with zero attached hydrogens (tertiary/aromatic N) is 3. The number of carboxylic acids is 2. The van der Waals surface area contributed by atoms with Crippen molar-refractivity contribution in [2.24, 2.45) is 5.73 Å². The van der Waals surface area contributed by atoms with Gasteiger partial charge in [0, 0.05) is 42.6 Å². The highest BCUT2D eigenvalue weighted by Crippen LogP contribution is 2.40. The molecule has 244 valence electrons. The van der Waals surface area contributed by atoms with Crippen LogP contribution in [0.2, 0.25) is 0 Å². The standard InChI is InChI=1S/C26H24FN5O6S.C2HF3O2/c27-18-10-17(33)1-2-19(18)29-20(34)12-30-6-3-14(4-7-30)11-31-8-5-15(23(31)35)9-16-13-39-25-21(28)24(36)32(25)22(16)26(37)38;3-2(4,5)1(6)7/h1-4,6-7,9-10,21,25H,5,8,11-13,28H2,(H2-,29,33,34,37,38);(H,6,7)/b15-9+;/t21-,25-;/m1./s1. The normalized spacial score (nSPS) is 20.2. The lowest BCUT2D eigenvalue weighted by Gasteiger charge is -2.49. The summed E-state index contributed by atoms with van der Waals surface area (Å²) in [5, 5.41) is 30.2. The molecular weight excluding hydrogens is 642 g/mol. The van der Waals surface area contributed by atoms with Crippen molar-refractivity contribution in [2.75, 3.05) is 17.6 Å². The molecule has 18 heteroatoms. The Balaban J connectivity index is 0.000000617. The number of nitrogens with one attached hydrogen (secondary N) is 1. The number of likely N-dealkylation sites (tertiary alicyclic amines) is 1. The van der Waals surface area contributed by atoms with Crippen LogP contribution in [0.4, 0.5) is 23.2 Å². The summed E-state index contributed by atoms with van der Waals surface area (Å²) in [5.41, 5.74) is 7.12. The number of phenolic OH excluding ortho intramolecular Hbond substituents is 1. The topological polar surface area (TPSA) is 197 Å². The Hall–Kier alpha value is -4.97. The number of hydrogen-bond acceptors (Lipinski definition) is 9. The van der Waals surface area contributed by atoms with Crippen LogP contribution >= 0.6 is 11.8 Å². The van der Waals surface area contributed by atoms with Crippen LogP contribution in [-0.2, 0) is 37.1 Å². The van der Waals surface area contributed by atoms with Gasteiger partial charge in [0.25, 0.3) is 5.91 Å². The molecular formula is C28H25F4N5O8S. The van der Waals surface area contributed by atoms with E-state index in [2.05, 4.69) is 5.32 Å². The Morgan fingerprint density at radius 1 is 1.17 bits per heavy atom. The number of benzene rings is 1. The average Bonchev–Trinajstić information content (AvgIpc) is 3.32. The van der Waals surface area contributed by atoms with E-state index in [9.17, 15) is 47.0 Å². The number of nitrogens with two attached hydrogens (primary N) is 1. The van der Waals surface area contributed by atoms with E-state index in [0.717, 1.165) is 16.5 Å². The molecule has 0 unspecified atom stereocenters. The number of carboxylic acid groups (broad SMARTS) is 2. The van der Waals surface area contributed by atoms with Crippen molar-refractivity contribution in [1.29, 1.82) is 0 Å². The van der Waals surface area contributed by atoms with Crippen molar-refractivity contribution >= 4 is 47.1 Å². The summed E-state index contributed by atoms with van der Waals surface area (Å²) in [6.45, 7) is 0.678. The van der Waals surface area contributed by atoms with Crippen molar-refractivity contribution in [3.05, 3.63) is 77.0 Å². The quantitative estimate of drug-likeness (QED) is 0.103. The lowest BCUT2D eigenvalue weighted by Crippen LogP contribution is -2.69. The third-order valence-electron chi connectivity index (χ3n) is 6.92. The van der Waals surface area contributed by atoms with Crippen molar-refractivity contribution in [1.82, 2.24) is 9.80 Å². The van der Waals surface area contributed by atoms with Gasteiger partial charge in [0.05, 0.1) is 17.4 Å². The SMILES string of the molecule is N[C@@H]1C(=O)N2C(C(=O)[O-])=C(/C=C3\CCN(Cc4cc[n+](CC(=O)Nc5ccc(O)cc5F)cc4)C3=O)CS[C@H]12.O=C(O)C(F)(F)F. The minimum atomic E-state index is -5.08. The highest BCUT2D eigenvalue weighted by molar-refractivity contribution is 8.00. The predicted octanol–water partition coefficient (Wildman–Crippen LogP) is -0.00410. The average molecular weight is 668 g/mol. The zero-order chi connectivity index (χ0) is 33.9. The second-order valence-electron chi connectivity index (χ2n) is 10.1. The second kappa shape index (κ2) is 13.6. The maximum absolute atomic E-state index is 13.8. The Kier molecular flexibility index (Phi) is 10.0. The molecule has 2 aromatic rings. The number of hydrogen-bond donors (Lipinski definition) is 4. The molecule has 3 amide bonds. The van der Waals surface area contributed by atoms with E-state index in [1.165, 1.54) is 23.9 Å². The molecule has 13 nitrogen and oxygen atoms in total. The number of fused-ring (bicyclic) bond motifs is 1. The first-order valence-electron chi connectivity index (χ1n) is 13.3. The van der Waals surface area contributed by atoms with Gasteiger partial charge in [0.15, 0.2) is 12.4 Å². The van der Waals surface area contributed by atoms with Crippen LogP contribution in [0.25, 0.3) is 0 Å². The van der Waals surface area contributed by atoms with Crippen molar-refractivity contribution in [2.45, 2.75) is 37.1 Å². The summed E-state index contributed by atoms with van der Waals surface area (Å²) < 4.78 is 47.2. The van der Waals surface area contributed by atoms with Crippen LogP contribution in [-0.4, -0.2) is 79.6 Å². The molecule has 5 rings (SSSR count). The Morgan fingerprint density at radius 2 is 1.83 bits per heavy atom. The number of alkyl halides is 3. The molecule has 2 saturated heterocycles. The maximum atomic E-state index is 13.8. The van der Waals surface area contributed by atoms with E-state index < -0.39 is 47.2 Å². The molecule has 1 aromatic carbocycles. The van der Waals surface area contributed by atoms with Gasteiger partial charge in [-0.25, -0.2) is 9.18 Å². The monoisotopic (exact) mass is 667 g/mol. The maximum Gasteiger partial charge on any atom is 0.490 e. The van der Waals surface area contributed by atoms with E-state index in [4.69, 9.17) is 15.6 Å². The predicted molar refractivity (Wildman–Crippen MR) is 148 cm³/mol. The van der Waals surface area contributed by atoms with Gasteiger partial charge in [-0.2, -0.15) is 17.7 Å². The molecule has 2 atom stereocenters. The fraction of sp³-hybridized carbons (Fsp3) is 0.286. The van der Waals surface area contributed by atoms with Crippen LogP contribution in [0.3, 0.4) is 0 Å². The first kappa shape index (κ1) is 33.9. The number of aromatic hydroxyl groups is 1. The van der Waals surface area contributed by atoms with Gasteiger partial charge in [-0.15, -0.1) is 11.8 Å². The van der Waals surface area contributed by atoms with Gasteiger partial charge in [-0.1, -0.05) is 0 Å². The van der Waals surface area contributed by atoms with E-state index in [-0.39, 0.29) is 29.6 Å². The van der Waals surface area contributed by atoms with Crippen molar-refractivity contribution in [3.8, 4) is 5.75 Å². The number of thioether (sulfide) groups is 1. The van der Waals surface area contributed by atoms with E-state index in [1.54, 1.807) is 40.1 Å². The van der Waals surface area contributed by atoms with E-state index >= 15 is 0 Å². The van der Waals surface area contributed by atoms with Gasteiger partial charge in [-0.3, -0.25) is 19.3 Å². The minimum absolute atomic E-state index is 0.0411. The summed E-state index contributed by atoms with van der Waals surface area (Å²) in [4.78, 5) is 60.9. The Labute approximate surface area is 261 Å². The number of aliphatic carboxylic acids is 2. The first-order chi connectivity index (χ1) is 21.6. The largest absolute Gasteiger partial charge is 0.543 e. The van der Waals surface area contributed by atoms with Crippen LogP contribution in [0.5, 0.6) is 5.75 Å². The molecule has 4 heterocycles. The van der Waals surface area contributed by atoms with E-state index in [0.29, 0.717) is 36.4 Å². The van der Waals surface area contributed by atoms with Crippen LogP contribution < -0.4 is 20.7 Å². The summed E-state index contributed by atoms with van der Waals surface area (Å²) in [5.74, 6) is -6.09. The van der Waals surface area contributed by atoms with Crippen molar-refractivity contribution < 1.29 is 61.4 Å². The number of carbonyl (C=O) groups excluding carboxylic acids is 4.